The van der Waals surface area contributed by atoms with E-state index in [4.69, 9.17) is 0 Å². The molecule has 0 amide bonds. The van der Waals surface area contributed by atoms with Crippen molar-refractivity contribution in [1.29, 1.82) is 0 Å². The molecular weight excluding hydrogens is 230 g/mol. The van der Waals surface area contributed by atoms with Crippen LogP contribution in [0.2, 0.25) is 0 Å². The van der Waals surface area contributed by atoms with Gasteiger partial charge < -0.3 is 5.32 Å². The standard InChI is InChI=1S/C14H13NO3/c1-9-12(6-7-13(9)17)15-11-4-2-10(3-5-11)14(18)8-16/h2-5,8,15H,6-7H2,1H3. The lowest BCUT2D eigenvalue weighted by Gasteiger charge is -2.08. The summed E-state index contributed by atoms with van der Waals surface area (Å²) in [5.41, 5.74) is 2.86. The van der Waals surface area contributed by atoms with Gasteiger partial charge in [0.25, 0.3) is 0 Å². The summed E-state index contributed by atoms with van der Waals surface area (Å²) in [4.78, 5) is 32.8. The fraction of sp³-hybridized carbons (Fsp3) is 0.214. The van der Waals surface area contributed by atoms with Crippen LogP contribution in [-0.2, 0) is 9.59 Å². The molecule has 4 nitrogen and oxygen atoms in total. The van der Waals surface area contributed by atoms with Crippen LogP contribution in [0.1, 0.15) is 30.1 Å². The predicted molar refractivity (Wildman–Crippen MR) is 67.4 cm³/mol. The maximum Gasteiger partial charge on any atom is 0.225 e. The Labute approximate surface area is 105 Å². The summed E-state index contributed by atoms with van der Waals surface area (Å²) in [6.07, 6.45) is 1.57. The van der Waals surface area contributed by atoms with Crippen molar-refractivity contribution >= 4 is 23.5 Å². The van der Waals surface area contributed by atoms with E-state index >= 15 is 0 Å². The summed E-state index contributed by atoms with van der Waals surface area (Å²) in [6, 6.07) is 6.62. The Morgan fingerprint density at radius 3 is 2.39 bits per heavy atom. The van der Waals surface area contributed by atoms with E-state index in [2.05, 4.69) is 5.32 Å². The fourth-order valence-corrected chi connectivity index (χ4v) is 1.90. The molecule has 1 N–H and O–H groups in total. The van der Waals surface area contributed by atoms with Crippen LogP contribution in [0.5, 0.6) is 0 Å². The summed E-state index contributed by atoms with van der Waals surface area (Å²) >= 11 is 0. The number of hydrogen-bond acceptors (Lipinski definition) is 4. The number of allylic oxidation sites excluding steroid dienone is 2. The van der Waals surface area contributed by atoms with Crippen LogP contribution in [0.4, 0.5) is 5.69 Å². The van der Waals surface area contributed by atoms with Crippen LogP contribution in [0.15, 0.2) is 35.5 Å². The molecular formula is C14H13NO3. The molecule has 0 spiro atoms. The van der Waals surface area contributed by atoms with Crippen LogP contribution in [0, 0.1) is 0 Å². The second kappa shape index (κ2) is 4.96. The van der Waals surface area contributed by atoms with Crippen LogP contribution in [-0.4, -0.2) is 17.9 Å². The van der Waals surface area contributed by atoms with Crippen molar-refractivity contribution < 1.29 is 14.4 Å². The number of Topliss-reactive ketones (excluding diaryl/α,β-unsaturated/α-hetero) is 2. The second-order valence-electron chi connectivity index (χ2n) is 4.21. The lowest BCUT2D eigenvalue weighted by Crippen LogP contribution is -2.02. The Balaban J connectivity index is 2.14. The van der Waals surface area contributed by atoms with E-state index in [9.17, 15) is 14.4 Å². The van der Waals surface area contributed by atoms with Gasteiger partial charge in [-0.3, -0.25) is 14.4 Å². The van der Waals surface area contributed by atoms with Crippen molar-refractivity contribution in [1.82, 2.24) is 0 Å². The third kappa shape index (κ3) is 2.37. The van der Waals surface area contributed by atoms with Crippen LogP contribution < -0.4 is 5.32 Å². The molecule has 2 rings (SSSR count). The highest BCUT2D eigenvalue weighted by Gasteiger charge is 2.18. The van der Waals surface area contributed by atoms with E-state index < -0.39 is 5.78 Å². The zero-order valence-corrected chi connectivity index (χ0v) is 10.0. The Kier molecular flexibility index (Phi) is 3.37. The average Bonchev–Trinajstić information content (AvgIpc) is 2.71. The van der Waals surface area contributed by atoms with Crippen LogP contribution >= 0.6 is 0 Å². The largest absolute Gasteiger partial charge is 0.359 e. The first-order valence-corrected chi connectivity index (χ1v) is 5.71. The molecule has 0 unspecified atom stereocenters. The number of carbonyl (C=O) groups excluding carboxylic acids is 3. The Morgan fingerprint density at radius 1 is 1.22 bits per heavy atom. The SMILES string of the molecule is CC1=C(Nc2ccc(C(=O)C=O)cc2)CCC1=O. The Morgan fingerprint density at radius 2 is 1.89 bits per heavy atom. The number of benzene rings is 1. The van der Waals surface area contributed by atoms with Crippen molar-refractivity contribution in [3.05, 3.63) is 41.1 Å². The number of ketones is 2. The summed E-state index contributed by atoms with van der Waals surface area (Å²) in [6.45, 7) is 1.81. The summed E-state index contributed by atoms with van der Waals surface area (Å²) in [5, 5.41) is 3.16. The van der Waals surface area contributed by atoms with Crippen molar-refractivity contribution in [3.63, 3.8) is 0 Å². The molecule has 1 aromatic rings. The molecule has 0 fully saturated rings. The highest BCUT2D eigenvalue weighted by atomic mass is 16.2. The molecule has 1 aromatic carbocycles. The highest BCUT2D eigenvalue weighted by molar-refractivity contribution is 6.33. The van der Waals surface area contributed by atoms with E-state index in [0.717, 1.165) is 23.4 Å². The lowest BCUT2D eigenvalue weighted by molar-refractivity contribution is -0.114. The first-order chi connectivity index (χ1) is 8.61. The van der Waals surface area contributed by atoms with Gasteiger partial charge in [-0.1, -0.05) is 0 Å². The van der Waals surface area contributed by atoms with Gasteiger partial charge in [-0.05, 0) is 37.6 Å². The van der Waals surface area contributed by atoms with Gasteiger partial charge in [0.05, 0.1) is 0 Å². The third-order valence-corrected chi connectivity index (χ3v) is 3.04. The van der Waals surface area contributed by atoms with Crippen LogP contribution in [0.25, 0.3) is 0 Å². The molecule has 0 aromatic heterocycles. The van der Waals surface area contributed by atoms with Crippen molar-refractivity contribution in [2.45, 2.75) is 19.8 Å². The van der Waals surface area contributed by atoms with E-state index in [1.807, 2.05) is 6.92 Å². The fourth-order valence-electron chi connectivity index (χ4n) is 1.90. The number of carbonyl (C=O) groups is 3. The van der Waals surface area contributed by atoms with Gasteiger partial charge in [0.15, 0.2) is 12.1 Å². The van der Waals surface area contributed by atoms with Gasteiger partial charge in [0.2, 0.25) is 5.78 Å². The Bertz CT molecular complexity index is 541. The summed E-state index contributed by atoms with van der Waals surface area (Å²) < 4.78 is 0. The zero-order chi connectivity index (χ0) is 13.1. The van der Waals surface area contributed by atoms with Gasteiger partial charge in [-0.2, -0.15) is 0 Å². The van der Waals surface area contributed by atoms with Crippen molar-refractivity contribution in [2.75, 3.05) is 5.32 Å². The van der Waals surface area contributed by atoms with E-state index in [1.165, 1.54) is 0 Å². The normalized spacial score (nSPS) is 14.8. The second-order valence-corrected chi connectivity index (χ2v) is 4.21. The third-order valence-electron chi connectivity index (χ3n) is 3.04. The number of anilines is 1. The van der Waals surface area contributed by atoms with Crippen molar-refractivity contribution in [2.24, 2.45) is 0 Å². The van der Waals surface area contributed by atoms with Gasteiger partial charge in [0, 0.05) is 28.9 Å². The Hall–Kier alpha value is -2.23. The first kappa shape index (κ1) is 12.2. The topological polar surface area (TPSA) is 63.2 Å². The highest BCUT2D eigenvalue weighted by Crippen LogP contribution is 2.24. The average molecular weight is 243 g/mol. The smallest absolute Gasteiger partial charge is 0.225 e. The van der Waals surface area contributed by atoms with Gasteiger partial charge in [-0.25, -0.2) is 0 Å². The van der Waals surface area contributed by atoms with Crippen molar-refractivity contribution in [3.8, 4) is 0 Å². The number of nitrogens with one attached hydrogen (secondary N) is 1. The molecule has 4 heteroatoms. The molecule has 0 bridgehead atoms. The minimum atomic E-state index is -0.534. The van der Waals surface area contributed by atoms with Gasteiger partial charge in [0.1, 0.15) is 0 Å². The molecule has 0 radical (unpaired) electrons. The maximum atomic E-state index is 11.4. The molecule has 0 saturated heterocycles. The predicted octanol–water partition coefficient (Wildman–Crippen LogP) is 2.12. The molecule has 0 atom stereocenters. The lowest BCUT2D eigenvalue weighted by atomic mass is 10.1. The minimum Gasteiger partial charge on any atom is -0.359 e. The molecule has 92 valence electrons. The summed E-state index contributed by atoms with van der Waals surface area (Å²) in [5.74, 6) is -0.363. The number of hydrogen-bond donors (Lipinski definition) is 1. The molecule has 18 heavy (non-hydrogen) atoms. The zero-order valence-electron chi connectivity index (χ0n) is 10.0. The van der Waals surface area contributed by atoms with E-state index in [0.29, 0.717) is 18.3 Å². The van der Waals surface area contributed by atoms with Gasteiger partial charge >= 0.3 is 0 Å². The molecule has 0 aliphatic heterocycles. The van der Waals surface area contributed by atoms with Crippen LogP contribution in [0.3, 0.4) is 0 Å². The van der Waals surface area contributed by atoms with E-state index in [1.54, 1.807) is 24.3 Å². The minimum absolute atomic E-state index is 0.172. The monoisotopic (exact) mass is 243 g/mol. The molecule has 1 aliphatic rings. The molecule has 0 saturated carbocycles. The quantitative estimate of drug-likeness (QED) is 0.500. The van der Waals surface area contributed by atoms with E-state index in [-0.39, 0.29) is 5.78 Å². The number of aldehydes is 1. The first-order valence-electron chi connectivity index (χ1n) is 5.71. The molecule has 0 heterocycles. The molecule has 1 aliphatic carbocycles. The maximum absolute atomic E-state index is 11.4. The summed E-state index contributed by atoms with van der Waals surface area (Å²) in [7, 11) is 0. The van der Waals surface area contributed by atoms with Gasteiger partial charge in [-0.15, -0.1) is 0 Å². The number of rotatable bonds is 4.